The molecule has 0 saturated heterocycles. The van der Waals surface area contributed by atoms with Gasteiger partial charge in [-0.1, -0.05) is 11.6 Å². The first-order valence-electron chi connectivity index (χ1n) is 8.22. The van der Waals surface area contributed by atoms with Crippen molar-refractivity contribution in [2.45, 2.75) is 33.2 Å². The molecule has 0 unspecified atom stereocenters. The number of carbonyl (C=O) groups excluding carboxylic acids is 1. The maximum Gasteiger partial charge on any atom is 0.312 e. The van der Waals surface area contributed by atoms with Crippen molar-refractivity contribution in [1.82, 2.24) is 15.1 Å². The van der Waals surface area contributed by atoms with E-state index in [4.69, 9.17) is 16.3 Å². The molecule has 2 rings (SSSR count). The van der Waals surface area contributed by atoms with Crippen LogP contribution in [0.2, 0.25) is 5.02 Å². The Morgan fingerprint density at radius 1 is 1.31 bits per heavy atom. The molecule has 0 aliphatic rings. The third-order valence-electron chi connectivity index (χ3n) is 3.79. The maximum absolute atomic E-state index is 12.0. The largest absolute Gasteiger partial charge is 0.494 e. The van der Waals surface area contributed by atoms with Gasteiger partial charge in [0.2, 0.25) is 5.91 Å². The van der Waals surface area contributed by atoms with Crippen molar-refractivity contribution in [2.75, 3.05) is 13.2 Å². The second kappa shape index (κ2) is 9.19. The van der Waals surface area contributed by atoms with Crippen molar-refractivity contribution in [1.29, 1.82) is 0 Å². The summed E-state index contributed by atoms with van der Waals surface area (Å²) in [5.41, 5.74) is 0.635. The van der Waals surface area contributed by atoms with Crippen LogP contribution in [0.1, 0.15) is 24.2 Å². The molecule has 26 heavy (non-hydrogen) atoms. The Hall–Kier alpha value is -2.61. The van der Waals surface area contributed by atoms with Crippen molar-refractivity contribution >= 4 is 23.2 Å². The van der Waals surface area contributed by atoms with Crippen LogP contribution in [0.3, 0.4) is 0 Å². The highest BCUT2D eigenvalue weighted by Crippen LogP contribution is 2.21. The summed E-state index contributed by atoms with van der Waals surface area (Å²) in [6, 6.07) is 7.14. The SMILES string of the molecule is Cc1nn(CC(=O)NCCCCOc2ccc(Cl)cc2)c(C)c1[N+](=O)[O-]. The highest BCUT2D eigenvalue weighted by molar-refractivity contribution is 6.30. The monoisotopic (exact) mass is 380 g/mol. The van der Waals surface area contributed by atoms with Crippen molar-refractivity contribution < 1.29 is 14.5 Å². The summed E-state index contributed by atoms with van der Waals surface area (Å²) in [5.74, 6) is 0.522. The van der Waals surface area contributed by atoms with Gasteiger partial charge in [-0.05, 0) is 51.0 Å². The lowest BCUT2D eigenvalue weighted by Crippen LogP contribution is -2.29. The van der Waals surface area contributed by atoms with E-state index in [-0.39, 0.29) is 18.1 Å². The molecule has 0 spiro atoms. The molecule has 1 amide bonds. The Kier molecular flexibility index (Phi) is 6.97. The van der Waals surface area contributed by atoms with Gasteiger partial charge in [0.25, 0.3) is 0 Å². The van der Waals surface area contributed by atoms with Crippen LogP contribution in [-0.2, 0) is 11.3 Å². The van der Waals surface area contributed by atoms with Gasteiger partial charge in [-0.3, -0.25) is 19.6 Å². The quantitative estimate of drug-likeness (QED) is 0.409. The number of rotatable bonds is 9. The van der Waals surface area contributed by atoms with E-state index in [1.807, 2.05) is 0 Å². The van der Waals surface area contributed by atoms with Crippen molar-refractivity contribution in [3.8, 4) is 5.75 Å². The zero-order chi connectivity index (χ0) is 19.1. The number of hydrogen-bond acceptors (Lipinski definition) is 5. The van der Waals surface area contributed by atoms with Gasteiger partial charge in [0.15, 0.2) is 0 Å². The normalized spacial score (nSPS) is 10.6. The lowest BCUT2D eigenvalue weighted by atomic mass is 10.3. The number of halogens is 1. The summed E-state index contributed by atoms with van der Waals surface area (Å²) in [6.45, 7) is 4.15. The van der Waals surface area contributed by atoms with Gasteiger partial charge in [0.05, 0.1) is 11.5 Å². The van der Waals surface area contributed by atoms with Crippen LogP contribution < -0.4 is 10.1 Å². The lowest BCUT2D eigenvalue weighted by Gasteiger charge is -2.08. The van der Waals surface area contributed by atoms with E-state index in [1.54, 1.807) is 38.1 Å². The minimum absolute atomic E-state index is 0.0399. The predicted molar refractivity (Wildman–Crippen MR) is 97.5 cm³/mol. The third kappa shape index (κ3) is 5.45. The fourth-order valence-electron chi connectivity index (χ4n) is 2.47. The van der Waals surface area contributed by atoms with E-state index in [1.165, 1.54) is 4.68 Å². The van der Waals surface area contributed by atoms with Crippen molar-refractivity contribution in [2.24, 2.45) is 0 Å². The fraction of sp³-hybridized carbons (Fsp3) is 0.412. The zero-order valence-electron chi connectivity index (χ0n) is 14.7. The van der Waals surface area contributed by atoms with E-state index in [0.29, 0.717) is 29.6 Å². The highest BCUT2D eigenvalue weighted by atomic mass is 35.5. The molecule has 0 fully saturated rings. The highest BCUT2D eigenvalue weighted by Gasteiger charge is 2.22. The molecule has 1 aromatic heterocycles. The summed E-state index contributed by atoms with van der Waals surface area (Å²) in [5, 5.41) is 18.5. The van der Waals surface area contributed by atoms with Crippen LogP contribution >= 0.6 is 11.6 Å². The average molecular weight is 381 g/mol. The van der Waals surface area contributed by atoms with E-state index in [2.05, 4.69) is 10.4 Å². The summed E-state index contributed by atoms with van der Waals surface area (Å²) >= 11 is 5.80. The second-order valence-electron chi connectivity index (χ2n) is 5.79. The number of amides is 1. The molecule has 1 aromatic carbocycles. The molecule has 0 saturated carbocycles. The Labute approximate surface area is 156 Å². The first kappa shape index (κ1) is 19.7. The van der Waals surface area contributed by atoms with Gasteiger partial charge in [-0.15, -0.1) is 0 Å². The summed E-state index contributed by atoms with van der Waals surface area (Å²) < 4.78 is 6.92. The summed E-state index contributed by atoms with van der Waals surface area (Å²) in [7, 11) is 0. The summed E-state index contributed by atoms with van der Waals surface area (Å²) in [6.07, 6.45) is 1.55. The van der Waals surface area contributed by atoms with Gasteiger partial charge in [0.1, 0.15) is 23.7 Å². The molecular formula is C17H21ClN4O4. The molecule has 9 heteroatoms. The molecule has 1 heterocycles. The Morgan fingerprint density at radius 3 is 2.62 bits per heavy atom. The number of unbranched alkanes of at least 4 members (excludes halogenated alkanes) is 1. The predicted octanol–water partition coefficient (Wildman–Crippen LogP) is 3.04. The number of hydrogen-bond donors (Lipinski definition) is 1. The number of carbonyl (C=O) groups is 1. The van der Waals surface area contributed by atoms with Crippen molar-refractivity contribution in [3.05, 3.63) is 50.8 Å². The van der Waals surface area contributed by atoms with Crippen LogP contribution in [-0.4, -0.2) is 33.8 Å². The fourth-order valence-corrected chi connectivity index (χ4v) is 2.60. The van der Waals surface area contributed by atoms with E-state index < -0.39 is 4.92 Å². The standard InChI is InChI=1S/C17H21ClN4O4/c1-12-17(22(24)25)13(2)21(20-12)11-16(23)19-9-3-4-10-26-15-7-5-14(18)6-8-15/h5-8H,3-4,9-11H2,1-2H3,(H,19,23). The molecule has 0 atom stereocenters. The molecule has 0 radical (unpaired) electrons. The van der Waals surface area contributed by atoms with Gasteiger partial charge in [-0.25, -0.2) is 0 Å². The Bertz CT molecular complexity index is 774. The minimum atomic E-state index is -0.479. The van der Waals surface area contributed by atoms with Crippen LogP contribution in [0, 0.1) is 24.0 Å². The molecular weight excluding hydrogens is 360 g/mol. The smallest absolute Gasteiger partial charge is 0.312 e. The molecule has 8 nitrogen and oxygen atoms in total. The lowest BCUT2D eigenvalue weighted by molar-refractivity contribution is -0.386. The van der Waals surface area contributed by atoms with Crippen LogP contribution in [0.25, 0.3) is 0 Å². The van der Waals surface area contributed by atoms with E-state index in [9.17, 15) is 14.9 Å². The topological polar surface area (TPSA) is 99.3 Å². The second-order valence-corrected chi connectivity index (χ2v) is 6.23. The number of aryl methyl sites for hydroxylation is 1. The number of nitro groups is 1. The van der Waals surface area contributed by atoms with Crippen LogP contribution in [0.5, 0.6) is 5.75 Å². The van der Waals surface area contributed by atoms with Gasteiger partial charge in [-0.2, -0.15) is 5.10 Å². The number of benzene rings is 1. The molecule has 140 valence electrons. The van der Waals surface area contributed by atoms with Gasteiger partial charge < -0.3 is 10.1 Å². The molecule has 0 aliphatic carbocycles. The molecule has 0 aliphatic heterocycles. The Balaban J connectivity index is 1.67. The van der Waals surface area contributed by atoms with E-state index >= 15 is 0 Å². The van der Waals surface area contributed by atoms with Gasteiger partial charge in [0, 0.05) is 11.6 Å². The number of nitrogens with zero attached hydrogens (tertiary/aromatic N) is 3. The first-order chi connectivity index (χ1) is 12.4. The zero-order valence-corrected chi connectivity index (χ0v) is 15.5. The number of nitrogens with one attached hydrogen (secondary N) is 1. The van der Waals surface area contributed by atoms with Gasteiger partial charge >= 0.3 is 5.69 Å². The Morgan fingerprint density at radius 2 is 2.00 bits per heavy atom. The molecule has 1 N–H and O–H groups in total. The van der Waals surface area contributed by atoms with E-state index in [0.717, 1.165) is 18.6 Å². The van der Waals surface area contributed by atoms with Crippen molar-refractivity contribution in [3.63, 3.8) is 0 Å². The molecule has 0 bridgehead atoms. The average Bonchev–Trinajstić information content (AvgIpc) is 2.86. The minimum Gasteiger partial charge on any atom is -0.494 e. The maximum atomic E-state index is 12.0. The number of aromatic nitrogens is 2. The van der Waals surface area contributed by atoms with Crippen LogP contribution in [0.4, 0.5) is 5.69 Å². The molecule has 2 aromatic rings. The van der Waals surface area contributed by atoms with Crippen LogP contribution in [0.15, 0.2) is 24.3 Å². The number of ether oxygens (including phenoxy) is 1. The summed E-state index contributed by atoms with van der Waals surface area (Å²) in [4.78, 5) is 22.4. The third-order valence-corrected chi connectivity index (χ3v) is 4.05. The first-order valence-corrected chi connectivity index (χ1v) is 8.59.